The molecule has 1 unspecified atom stereocenters. The van der Waals surface area contributed by atoms with Crippen LogP contribution in [0.1, 0.15) is 47.5 Å². The molecule has 7 nitrogen and oxygen atoms in total. The Morgan fingerprint density at radius 2 is 1.94 bits per heavy atom. The van der Waals surface area contributed by atoms with E-state index in [2.05, 4.69) is 0 Å². The number of nitrogens with one attached hydrogen (secondary N) is 1. The first-order valence-electron chi connectivity index (χ1n) is 9.93. The van der Waals surface area contributed by atoms with Gasteiger partial charge in [-0.15, -0.1) is 0 Å². The minimum atomic E-state index is -2.20. The molecule has 9 heteroatoms. The van der Waals surface area contributed by atoms with Crippen molar-refractivity contribution in [1.82, 2.24) is 14.5 Å². The number of carbonyl (C=O) groups excluding carboxylic acids is 1. The number of nitriles is 1. The van der Waals surface area contributed by atoms with Crippen LogP contribution in [0.15, 0.2) is 64.3 Å². The molecule has 164 valence electrons. The zero-order valence-corrected chi connectivity index (χ0v) is 17.2. The van der Waals surface area contributed by atoms with Crippen molar-refractivity contribution in [1.29, 1.82) is 5.26 Å². The normalized spacial score (nSPS) is 11.6. The number of hydrogen-bond acceptors (Lipinski definition) is 4. The largest absolute Gasteiger partial charge is 0.335 e. The lowest BCUT2D eigenvalue weighted by atomic mass is 10.2. The van der Waals surface area contributed by atoms with Crippen LogP contribution in [-0.2, 0) is 6.54 Å². The van der Waals surface area contributed by atoms with Gasteiger partial charge in [0.05, 0.1) is 17.3 Å². The number of amides is 1. The second-order valence-electron chi connectivity index (χ2n) is 7.03. The summed E-state index contributed by atoms with van der Waals surface area (Å²) >= 11 is 0. The number of alkyl halides is 1. The number of aryl methyl sites for hydroxylation is 1. The Morgan fingerprint density at radius 3 is 2.62 bits per heavy atom. The Kier molecular flexibility index (Phi) is 6.95. The second-order valence-corrected chi connectivity index (χ2v) is 7.03. The molecular formula is C23H20F2N4O3. The predicted octanol–water partition coefficient (Wildman–Crippen LogP) is 3.21. The van der Waals surface area contributed by atoms with Crippen LogP contribution in [0.4, 0.5) is 8.78 Å². The lowest BCUT2D eigenvalue weighted by Gasteiger charge is -2.15. The first kappa shape index (κ1) is 22.6. The molecule has 0 bridgehead atoms. The van der Waals surface area contributed by atoms with E-state index in [1.807, 2.05) is 18.3 Å². The van der Waals surface area contributed by atoms with Crippen molar-refractivity contribution >= 4 is 5.91 Å². The lowest BCUT2D eigenvalue weighted by Crippen LogP contribution is -2.43. The average Bonchev–Trinajstić information content (AvgIpc) is 2.79. The molecular weight excluding hydrogens is 418 g/mol. The fourth-order valence-electron chi connectivity index (χ4n) is 3.14. The monoisotopic (exact) mass is 438 g/mol. The van der Waals surface area contributed by atoms with Crippen LogP contribution < -0.4 is 16.6 Å². The summed E-state index contributed by atoms with van der Waals surface area (Å²) in [4.78, 5) is 38.7. The highest BCUT2D eigenvalue weighted by Crippen LogP contribution is 2.18. The summed E-state index contributed by atoms with van der Waals surface area (Å²) < 4.78 is 30.4. The SMILES string of the molecule is CCCCn1cc(C(=O)NC(F)c2ccccc2F)c(=O)n(-c2cccc(C#N)c2)c1=O. The first-order valence-corrected chi connectivity index (χ1v) is 9.93. The van der Waals surface area contributed by atoms with Crippen molar-refractivity contribution in [3.05, 3.63) is 98.1 Å². The van der Waals surface area contributed by atoms with E-state index >= 15 is 0 Å². The van der Waals surface area contributed by atoms with Crippen LogP contribution in [0.5, 0.6) is 0 Å². The van der Waals surface area contributed by atoms with E-state index in [-0.39, 0.29) is 23.4 Å². The van der Waals surface area contributed by atoms with Crippen molar-refractivity contribution in [2.75, 3.05) is 0 Å². The fourth-order valence-corrected chi connectivity index (χ4v) is 3.14. The minimum Gasteiger partial charge on any atom is -0.318 e. The van der Waals surface area contributed by atoms with Gasteiger partial charge in [-0.25, -0.2) is 18.1 Å². The Labute approximate surface area is 182 Å². The fraction of sp³-hybridized carbons (Fsp3) is 0.217. The van der Waals surface area contributed by atoms with Crippen LogP contribution in [0, 0.1) is 17.1 Å². The van der Waals surface area contributed by atoms with Crippen LogP contribution in [0.2, 0.25) is 0 Å². The maximum absolute atomic E-state index is 14.6. The second kappa shape index (κ2) is 9.83. The Bertz CT molecular complexity index is 1310. The van der Waals surface area contributed by atoms with E-state index in [0.29, 0.717) is 6.42 Å². The molecule has 32 heavy (non-hydrogen) atoms. The smallest absolute Gasteiger partial charge is 0.318 e. The number of rotatable bonds is 7. The van der Waals surface area contributed by atoms with E-state index in [4.69, 9.17) is 5.26 Å². The number of aromatic nitrogens is 2. The highest BCUT2D eigenvalue weighted by atomic mass is 19.1. The minimum absolute atomic E-state index is 0.102. The van der Waals surface area contributed by atoms with Gasteiger partial charge in [0.1, 0.15) is 11.4 Å². The van der Waals surface area contributed by atoms with Gasteiger partial charge in [-0.05, 0) is 30.7 Å². The van der Waals surface area contributed by atoms with Crippen LogP contribution in [-0.4, -0.2) is 15.0 Å². The third-order valence-electron chi connectivity index (χ3n) is 4.82. The Balaban J connectivity index is 2.10. The molecule has 0 radical (unpaired) electrons. The summed E-state index contributed by atoms with van der Waals surface area (Å²) in [7, 11) is 0. The molecule has 1 aromatic heterocycles. The Hall–Kier alpha value is -4.06. The molecule has 0 aliphatic heterocycles. The average molecular weight is 438 g/mol. The van der Waals surface area contributed by atoms with Crippen molar-refractivity contribution in [2.45, 2.75) is 32.6 Å². The molecule has 0 saturated heterocycles. The van der Waals surface area contributed by atoms with Crippen LogP contribution in [0.25, 0.3) is 5.69 Å². The zero-order chi connectivity index (χ0) is 23.3. The lowest BCUT2D eigenvalue weighted by molar-refractivity contribution is 0.0889. The molecule has 2 aromatic carbocycles. The van der Waals surface area contributed by atoms with Crippen molar-refractivity contribution < 1.29 is 13.6 Å². The summed E-state index contributed by atoms with van der Waals surface area (Å²) in [6.07, 6.45) is 0.221. The number of carbonyl (C=O) groups is 1. The van der Waals surface area contributed by atoms with Gasteiger partial charge in [0, 0.05) is 18.3 Å². The number of unbranched alkanes of at least 4 members (excludes halogenated alkanes) is 1. The van der Waals surface area contributed by atoms with Gasteiger partial charge < -0.3 is 5.32 Å². The van der Waals surface area contributed by atoms with E-state index in [1.165, 1.54) is 47.0 Å². The summed E-state index contributed by atoms with van der Waals surface area (Å²) in [5.74, 6) is -1.94. The van der Waals surface area contributed by atoms with Crippen LogP contribution in [0.3, 0.4) is 0 Å². The predicted molar refractivity (Wildman–Crippen MR) is 114 cm³/mol. The molecule has 3 aromatic rings. The zero-order valence-electron chi connectivity index (χ0n) is 17.2. The molecule has 0 aliphatic carbocycles. The molecule has 1 N–H and O–H groups in total. The molecule has 0 spiro atoms. The van der Waals surface area contributed by atoms with E-state index in [0.717, 1.165) is 23.3 Å². The maximum Gasteiger partial charge on any atom is 0.335 e. The van der Waals surface area contributed by atoms with Gasteiger partial charge >= 0.3 is 5.69 Å². The Morgan fingerprint density at radius 1 is 1.19 bits per heavy atom. The van der Waals surface area contributed by atoms with Gasteiger partial charge in [0.15, 0.2) is 0 Å². The quantitative estimate of drug-likeness (QED) is 0.573. The van der Waals surface area contributed by atoms with Gasteiger partial charge in [0.25, 0.3) is 11.5 Å². The summed E-state index contributed by atoms with van der Waals surface area (Å²) in [6.45, 7) is 2.13. The third-order valence-corrected chi connectivity index (χ3v) is 4.82. The maximum atomic E-state index is 14.6. The van der Waals surface area contributed by atoms with Gasteiger partial charge in [-0.1, -0.05) is 37.6 Å². The van der Waals surface area contributed by atoms with Crippen LogP contribution >= 0.6 is 0 Å². The van der Waals surface area contributed by atoms with Crippen molar-refractivity contribution in [3.8, 4) is 11.8 Å². The van der Waals surface area contributed by atoms with Gasteiger partial charge in [-0.2, -0.15) is 5.26 Å². The van der Waals surface area contributed by atoms with E-state index in [9.17, 15) is 23.2 Å². The van der Waals surface area contributed by atoms with Crippen molar-refractivity contribution in [3.63, 3.8) is 0 Å². The topological polar surface area (TPSA) is 96.9 Å². The van der Waals surface area contributed by atoms with Gasteiger partial charge in [0.2, 0.25) is 6.30 Å². The number of halogens is 2. The number of hydrogen-bond donors (Lipinski definition) is 1. The molecule has 1 amide bonds. The highest BCUT2D eigenvalue weighted by molar-refractivity contribution is 5.93. The summed E-state index contributed by atoms with van der Waals surface area (Å²) in [6, 6.07) is 12.7. The molecule has 0 fully saturated rings. The molecule has 3 rings (SSSR count). The molecule has 0 aliphatic rings. The number of nitrogens with zero attached hydrogens (tertiary/aromatic N) is 3. The first-order chi connectivity index (χ1) is 15.4. The standard InChI is InChI=1S/C23H20F2N4O3/c1-2-3-11-28-14-18(21(30)27-20(25)17-9-4-5-10-19(17)24)22(31)29(23(28)32)16-8-6-7-15(12-16)13-26/h4-10,12,14,20H,2-3,11H2,1H3,(H,27,30). The van der Waals surface area contributed by atoms with E-state index in [1.54, 1.807) is 0 Å². The van der Waals surface area contributed by atoms with Gasteiger partial charge in [-0.3, -0.25) is 14.2 Å². The summed E-state index contributed by atoms with van der Waals surface area (Å²) in [5, 5.41) is 11.1. The molecule has 1 heterocycles. The summed E-state index contributed by atoms with van der Waals surface area (Å²) in [5.41, 5.74) is -2.22. The molecule has 0 saturated carbocycles. The van der Waals surface area contributed by atoms with E-state index < -0.39 is 34.8 Å². The highest BCUT2D eigenvalue weighted by Gasteiger charge is 2.23. The number of benzene rings is 2. The molecule has 1 atom stereocenters. The third kappa shape index (κ3) is 4.64. The van der Waals surface area contributed by atoms with Crippen molar-refractivity contribution in [2.24, 2.45) is 0 Å².